The lowest BCUT2D eigenvalue weighted by atomic mass is 9.97. The minimum atomic E-state index is 0.323. The number of ether oxygens (including phenoxy) is 1. The maximum Gasteiger partial charge on any atom is 0.0587 e. The van der Waals surface area contributed by atoms with Crippen LogP contribution < -0.4 is 0 Å². The van der Waals surface area contributed by atoms with Crippen molar-refractivity contribution in [2.24, 2.45) is 0 Å². The van der Waals surface area contributed by atoms with Crippen LogP contribution in [0.25, 0.3) is 0 Å². The standard InChI is InChI=1S/C15H24O/c1-5-7-14-10-12(3)8-9-15(14)11-13(4)16-6-2/h8-10,13H,5-7,11H2,1-4H3. The number of benzene rings is 1. The highest BCUT2D eigenvalue weighted by atomic mass is 16.5. The van der Waals surface area contributed by atoms with Gasteiger partial charge in [-0.15, -0.1) is 0 Å². The molecule has 1 atom stereocenters. The summed E-state index contributed by atoms with van der Waals surface area (Å²) in [6.07, 6.45) is 3.74. The molecule has 1 rings (SSSR count). The summed E-state index contributed by atoms with van der Waals surface area (Å²) >= 11 is 0. The van der Waals surface area contributed by atoms with Gasteiger partial charge in [0.15, 0.2) is 0 Å². The molecule has 0 aliphatic heterocycles. The van der Waals surface area contributed by atoms with Gasteiger partial charge in [-0.25, -0.2) is 0 Å². The molecule has 1 unspecified atom stereocenters. The van der Waals surface area contributed by atoms with Gasteiger partial charge in [-0.2, -0.15) is 0 Å². The molecule has 0 amide bonds. The van der Waals surface area contributed by atoms with Crippen LogP contribution in [0.5, 0.6) is 0 Å². The zero-order valence-corrected chi connectivity index (χ0v) is 11.0. The minimum absolute atomic E-state index is 0.323. The van der Waals surface area contributed by atoms with Gasteiger partial charge in [-0.1, -0.05) is 37.1 Å². The number of rotatable bonds is 6. The average molecular weight is 220 g/mol. The Morgan fingerprint density at radius 1 is 1.19 bits per heavy atom. The van der Waals surface area contributed by atoms with Crippen molar-refractivity contribution >= 4 is 0 Å². The first kappa shape index (κ1) is 13.2. The molecular formula is C15H24O. The molecule has 0 N–H and O–H groups in total. The summed E-state index contributed by atoms with van der Waals surface area (Å²) in [4.78, 5) is 0. The van der Waals surface area contributed by atoms with Crippen LogP contribution in [-0.2, 0) is 17.6 Å². The van der Waals surface area contributed by atoms with Gasteiger partial charge in [0.25, 0.3) is 0 Å². The molecule has 0 saturated carbocycles. The van der Waals surface area contributed by atoms with Gasteiger partial charge in [-0.05, 0) is 44.7 Å². The molecule has 90 valence electrons. The van der Waals surface area contributed by atoms with Crippen molar-refractivity contribution in [1.29, 1.82) is 0 Å². The number of hydrogen-bond donors (Lipinski definition) is 0. The summed E-state index contributed by atoms with van der Waals surface area (Å²) < 4.78 is 5.61. The van der Waals surface area contributed by atoms with Gasteiger partial charge in [0.2, 0.25) is 0 Å². The maximum absolute atomic E-state index is 5.61. The first-order valence-corrected chi connectivity index (χ1v) is 6.37. The molecule has 0 aliphatic rings. The van der Waals surface area contributed by atoms with Gasteiger partial charge < -0.3 is 4.74 Å². The Bertz CT molecular complexity index is 317. The second-order valence-electron chi connectivity index (χ2n) is 4.49. The molecule has 0 fully saturated rings. The van der Waals surface area contributed by atoms with Crippen LogP contribution in [0.2, 0.25) is 0 Å². The molecular weight excluding hydrogens is 196 g/mol. The Kier molecular flexibility index (Phi) is 5.54. The van der Waals surface area contributed by atoms with E-state index in [0.29, 0.717) is 6.10 Å². The monoisotopic (exact) mass is 220 g/mol. The van der Waals surface area contributed by atoms with E-state index in [1.54, 1.807) is 0 Å². The largest absolute Gasteiger partial charge is 0.378 e. The third kappa shape index (κ3) is 3.97. The molecule has 0 radical (unpaired) electrons. The fraction of sp³-hybridized carbons (Fsp3) is 0.600. The molecule has 0 aliphatic carbocycles. The van der Waals surface area contributed by atoms with Crippen molar-refractivity contribution in [3.63, 3.8) is 0 Å². The Morgan fingerprint density at radius 3 is 2.56 bits per heavy atom. The van der Waals surface area contributed by atoms with Gasteiger partial charge >= 0.3 is 0 Å². The average Bonchev–Trinajstić information content (AvgIpc) is 2.23. The van der Waals surface area contributed by atoms with E-state index in [9.17, 15) is 0 Å². The summed E-state index contributed by atoms with van der Waals surface area (Å²) in [6.45, 7) is 9.40. The van der Waals surface area contributed by atoms with Crippen molar-refractivity contribution in [1.82, 2.24) is 0 Å². The van der Waals surface area contributed by atoms with Crippen molar-refractivity contribution in [2.75, 3.05) is 6.61 Å². The minimum Gasteiger partial charge on any atom is -0.378 e. The van der Waals surface area contributed by atoms with E-state index in [0.717, 1.165) is 13.0 Å². The predicted molar refractivity (Wildman–Crippen MR) is 70.0 cm³/mol. The van der Waals surface area contributed by atoms with Crippen molar-refractivity contribution in [2.45, 2.75) is 53.1 Å². The normalized spacial score (nSPS) is 12.8. The lowest BCUT2D eigenvalue weighted by molar-refractivity contribution is 0.0767. The van der Waals surface area contributed by atoms with Crippen molar-refractivity contribution in [3.8, 4) is 0 Å². The van der Waals surface area contributed by atoms with Crippen molar-refractivity contribution < 1.29 is 4.74 Å². The molecule has 0 saturated heterocycles. The van der Waals surface area contributed by atoms with Crippen LogP contribution in [0.1, 0.15) is 43.9 Å². The quantitative estimate of drug-likeness (QED) is 0.706. The van der Waals surface area contributed by atoms with Crippen LogP contribution in [0.15, 0.2) is 18.2 Å². The topological polar surface area (TPSA) is 9.23 Å². The van der Waals surface area contributed by atoms with E-state index in [2.05, 4.69) is 45.9 Å². The van der Waals surface area contributed by atoms with Crippen LogP contribution >= 0.6 is 0 Å². The Labute approximate surface area is 99.8 Å². The highest BCUT2D eigenvalue weighted by Gasteiger charge is 2.07. The van der Waals surface area contributed by atoms with Gasteiger partial charge in [-0.3, -0.25) is 0 Å². The molecule has 1 heteroatoms. The molecule has 0 aromatic heterocycles. The van der Waals surface area contributed by atoms with E-state index < -0.39 is 0 Å². The van der Waals surface area contributed by atoms with E-state index >= 15 is 0 Å². The smallest absolute Gasteiger partial charge is 0.0587 e. The number of aryl methyl sites for hydroxylation is 2. The Balaban J connectivity index is 2.77. The summed E-state index contributed by atoms with van der Waals surface area (Å²) in [5, 5.41) is 0. The van der Waals surface area contributed by atoms with Crippen molar-refractivity contribution in [3.05, 3.63) is 34.9 Å². The zero-order valence-electron chi connectivity index (χ0n) is 11.0. The summed E-state index contributed by atoms with van der Waals surface area (Å²) in [6, 6.07) is 6.78. The van der Waals surface area contributed by atoms with Crippen LogP contribution in [0, 0.1) is 6.92 Å². The highest BCUT2D eigenvalue weighted by molar-refractivity contribution is 5.32. The Hall–Kier alpha value is -0.820. The molecule has 16 heavy (non-hydrogen) atoms. The molecule has 1 nitrogen and oxygen atoms in total. The van der Waals surface area contributed by atoms with Crippen LogP contribution in [0.4, 0.5) is 0 Å². The van der Waals surface area contributed by atoms with Gasteiger partial charge in [0.1, 0.15) is 0 Å². The molecule has 1 aromatic carbocycles. The second-order valence-corrected chi connectivity index (χ2v) is 4.49. The highest BCUT2D eigenvalue weighted by Crippen LogP contribution is 2.16. The van der Waals surface area contributed by atoms with Gasteiger partial charge in [0.05, 0.1) is 6.10 Å². The fourth-order valence-electron chi connectivity index (χ4n) is 2.11. The zero-order chi connectivity index (χ0) is 12.0. The lowest BCUT2D eigenvalue weighted by Crippen LogP contribution is -2.12. The summed E-state index contributed by atoms with van der Waals surface area (Å²) in [5.41, 5.74) is 4.30. The predicted octanol–water partition coefficient (Wildman–Crippen LogP) is 3.92. The van der Waals surface area contributed by atoms with E-state index in [-0.39, 0.29) is 0 Å². The van der Waals surface area contributed by atoms with Crippen LogP contribution in [0.3, 0.4) is 0 Å². The molecule has 1 aromatic rings. The lowest BCUT2D eigenvalue weighted by Gasteiger charge is -2.15. The molecule has 0 heterocycles. The third-order valence-corrected chi connectivity index (χ3v) is 2.84. The molecule has 0 bridgehead atoms. The first-order valence-electron chi connectivity index (χ1n) is 6.37. The SMILES string of the molecule is CCCc1cc(C)ccc1CC(C)OCC. The van der Waals surface area contributed by atoms with Crippen LogP contribution in [-0.4, -0.2) is 12.7 Å². The third-order valence-electron chi connectivity index (χ3n) is 2.84. The first-order chi connectivity index (χ1) is 7.67. The maximum atomic E-state index is 5.61. The Morgan fingerprint density at radius 2 is 1.94 bits per heavy atom. The van der Waals surface area contributed by atoms with E-state index in [1.165, 1.54) is 29.5 Å². The second kappa shape index (κ2) is 6.70. The summed E-state index contributed by atoms with van der Waals surface area (Å²) in [7, 11) is 0. The fourth-order valence-corrected chi connectivity index (χ4v) is 2.11. The van der Waals surface area contributed by atoms with Gasteiger partial charge in [0, 0.05) is 6.61 Å². The number of hydrogen-bond acceptors (Lipinski definition) is 1. The molecule has 0 spiro atoms. The van der Waals surface area contributed by atoms with E-state index in [1.807, 2.05) is 0 Å². The van der Waals surface area contributed by atoms with E-state index in [4.69, 9.17) is 4.74 Å². The summed E-state index contributed by atoms with van der Waals surface area (Å²) in [5.74, 6) is 0.